The summed E-state index contributed by atoms with van der Waals surface area (Å²) in [6.07, 6.45) is 10.0. The van der Waals surface area contributed by atoms with E-state index in [1.165, 1.54) is 31.2 Å². The predicted octanol–water partition coefficient (Wildman–Crippen LogP) is 5.33. The van der Waals surface area contributed by atoms with E-state index >= 15 is 0 Å². The Kier molecular flexibility index (Phi) is 6.28. The number of benzene rings is 1. The molecular formula is C19H28O2. The lowest BCUT2D eigenvalue weighted by Crippen LogP contribution is -2.26. The van der Waals surface area contributed by atoms with Crippen molar-refractivity contribution in [3.05, 3.63) is 29.3 Å². The molecule has 0 spiro atoms. The molecule has 1 heterocycles. The van der Waals surface area contributed by atoms with E-state index in [0.29, 0.717) is 6.42 Å². The summed E-state index contributed by atoms with van der Waals surface area (Å²) in [6.45, 7) is 4.40. The van der Waals surface area contributed by atoms with Crippen molar-refractivity contribution in [1.29, 1.82) is 0 Å². The zero-order valence-corrected chi connectivity index (χ0v) is 13.5. The molecule has 0 radical (unpaired) electrons. The van der Waals surface area contributed by atoms with E-state index in [0.717, 1.165) is 37.0 Å². The van der Waals surface area contributed by atoms with Crippen molar-refractivity contribution < 1.29 is 9.53 Å². The number of rotatable bonds is 8. The minimum absolute atomic E-state index is 0.0837. The number of unbranched alkanes of at least 4 members (excludes halogenated alkanes) is 4. The molecule has 1 aromatic carbocycles. The number of Topliss-reactive ketones (excluding diaryl/α,β-unsaturated/α-hetero) is 1. The number of hydrogen-bond acceptors (Lipinski definition) is 2. The molecule has 0 aliphatic carbocycles. The SMILES string of the molecule is CCCCCCc1ccc2c(c1)C(=O)CC(CCCC)O2. The van der Waals surface area contributed by atoms with Crippen LogP contribution in [-0.2, 0) is 6.42 Å². The number of fused-ring (bicyclic) bond motifs is 1. The molecule has 0 aromatic heterocycles. The lowest BCUT2D eigenvalue weighted by atomic mass is 9.95. The third-order valence-corrected chi connectivity index (χ3v) is 4.25. The highest BCUT2D eigenvalue weighted by molar-refractivity contribution is 6.00. The van der Waals surface area contributed by atoms with Gasteiger partial charge in [0.15, 0.2) is 5.78 Å². The van der Waals surface area contributed by atoms with Gasteiger partial charge in [-0.3, -0.25) is 4.79 Å². The first kappa shape index (κ1) is 16.1. The molecule has 1 unspecified atom stereocenters. The highest BCUT2D eigenvalue weighted by Gasteiger charge is 2.26. The fourth-order valence-electron chi connectivity index (χ4n) is 2.94. The molecule has 116 valence electrons. The maximum Gasteiger partial charge on any atom is 0.170 e. The number of carbonyl (C=O) groups excluding carboxylic acids is 1. The summed E-state index contributed by atoms with van der Waals surface area (Å²) in [5.74, 6) is 1.05. The summed E-state index contributed by atoms with van der Waals surface area (Å²) in [5.41, 5.74) is 2.07. The van der Waals surface area contributed by atoms with Crippen molar-refractivity contribution in [2.24, 2.45) is 0 Å². The number of ether oxygens (including phenoxy) is 1. The van der Waals surface area contributed by atoms with Crippen molar-refractivity contribution in [3.8, 4) is 5.75 Å². The summed E-state index contributed by atoms with van der Waals surface area (Å²) < 4.78 is 5.98. The normalized spacial score (nSPS) is 17.4. The van der Waals surface area contributed by atoms with Crippen LogP contribution in [0.2, 0.25) is 0 Å². The molecule has 0 saturated heterocycles. The zero-order valence-electron chi connectivity index (χ0n) is 13.5. The molecule has 0 saturated carbocycles. The van der Waals surface area contributed by atoms with Crippen LogP contribution >= 0.6 is 0 Å². The molecule has 0 amide bonds. The van der Waals surface area contributed by atoms with Gasteiger partial charge in [-0.15, -0.1) is 0 Å². The first-order valence-electron chi connectivity index (χ1n) is 8.57. The van der Waals surface area contributed by atoms with E-state index in [4.69, 9.17) is 4.74 Å². The summed E-state index contributed by atoms with van der Waals surface area (Å²) >= 11 is 0. The maximum absolute atomic E-state index is 12.3. The lowest BCUT2D eigenvalue weighted by Gasteiger charge is -2.25. The molecule has 0 bridgehead atoms. The Bertz CT molecular complexity index is 465. The molecule has 0 fully saturated rings. The van der Waals surface area contributed by atoms with Crippen LogP contribution in [0.4, 0.5) is 0 Å². The van der Waals surface area contributed by atoms with Gasteiger partial charge in [0.25, 0.3) is 0 Å². The zero-order chi connectivity index (χ0) is 15.1. The van der Waals surface area contributed by atoms with Gasteiger partial charge in [0.2, 0.25) is 0 Å². The molecule has 21 heavy (non-hydrogen) atoms. The molecule has 2 nitrogen and oxygen atoms in total. The fourth-order valence-corrected chi connectivity index (χ4v) is 2.94. The van der Waals surface area contributed by atoms with Gasteiger partial charge in [0.05, 0.1) is 5.56 Å². The smallest absolute Gasteiger partial charge is 0.170 e. The van der Waals surface area contributed by atoms with Crippen LogP contribution in [0.5, 0.6) is 5.75 Å². The monoisotopic (exact) mass is 288 g/mol. The van der Waals surface area contributed by atoms with E-state index in [2.05, 4.69) is 26.0 Å². The van der Waals surface area contributed by atoms with Crippen LogP contribution in [0.3, 0.4) is 0 Å². The second kappa shape index (κ2) is 8.21. The summed E-state index contributed by atoms with van der Waals surface area (Å²) in [5, 5.41) is 0. The van der Waals surface area contributed by atoms with E-state index in [-0.39, 0.29) is 11.9 Å². The largest absolute Gasteiger partial charge is 0.489 e. The third kappa shape index (κ3) is 4.59. The van der Waals surface area contributed by atoms with E-state index < -0.39 is 0 Å². The highest BCUT2D eigenvalue weighted by Crippen LogP contribution is 2.30. The first-order valence-corrected chi connectivity index (χ1v) is 8.57. The molecule has 1 atom stereocenters. The average molecular weight is 288 g/mol. The molecule has 0 N–H and O–H groups in total. The van der Waals surface area contributed by atoms with Gasteiger partial charge in [0.1, 0.15) is 11.9 Å². The van der Waals surface area contributed by atoms with Crippen LogP contribution in [-0.4, -0.2) is 11.9 Å². The number of aryl methyl sites for hydroxylation is 1. The van der Waals surface area contributed by atoms with Gasteiger partial charge in [-0.05, 0) is 37.0 Å². The van der Waals surface area contributed by atoms with Crippen LogP contribution in [0.25, 0.3) is 0 Å². The van der Waals surface area contributed by atoms with Crippen molar-refractivity contribution in [2.45, 2.75) is 77.7 Å². The van der Waals surface area contributed by atoms with Gasteiger partial charge in [-0.2, -0.15) is 0 Å². The molecular weight excluding hydrogens is 260 g/mol. The standard InChI is InChI=1S/C19H28O2/c1-3-5-7-8-9-15-11-12-19-17(13-15)18(20)14-16(21-19)10-6-4-2/h11-13,16H,3-10,14H2,1-2H3. The van der Waals surface area contributed by atoms with Crippen LogP contribution < -0.4 is 4.74 Å². The Morgan fingerprint density at radius 1 is 1.10 bits per heavy atom. The number of ketones is 1. The van der Waals surface area contributed by atoms with Crippen molar-refractivity contribution in [1.82, 2.24) is 0 Å². The van der Waals surface area contributed by atoms with Gasteiger partial charge in [-0.1, -0.05) is 52.0 Å². The van der Waals surface area contributed by atoms with Gasteiger partial charge in [-0.25, -0.2) is 0 Å². The van der Waals surface area contributed by atoms with Crippen LogP contribution in [0.1, 0.15) is 81.1 Å². The van der Waals surface area contributed by atoms with Crippen molar-refractivity contribution in [2.75, 3.05) is 0 Å². The van der Waals surface area contributed by atoms with Crippen molar-refractivity contribution >= 4 is 5.78 Å². The number of hydrogen-bond donors (Lipinski definition) is 0. The maximum atomic E-state index is 12.3. The Morgan fingerprint density at radius 3 is 2.67 bits per heavy atom. The molecule has 1 aliphatic heterocycles. The molecule has 1 aliphatic rings. The second-order valence-electron chi connectivity index (χ2n) is 6.15. The Labute approximate surface area is 128 Å². The van der Waals surface area contributed by atoms with Crippen molar-refractivity contribution in [3.63, 3.8) is 0 Å². The Morgan fingerprint density at radius 2 is 1.90 bits per heavy atom. The van der Waals surface area contributed by atoms with Gasteiger partial charge >= 0.3 is 0 Å². The van der Waals surface area contributed by atoms with Crippen LogP contribution in [0, 0.1) is 0 Å². The Balaban J connectivity index is 1.97. The summed E-state index contributed by atoms with van der Waals surface area (Å²) in [7, 11) is 0. The first-order chi connectivity index (χ1) is 10.2. The van der Waals surface area contributed by atoms with E-state index in [9.17, 15) is 4.79 Å². The number of carbonyl (C=O) groups is 1. The molecule has 2 heteroatoms. The summed E-state index contributed by atoms with van der Waals surface area (Å²) in [6, 6.07) is 6.18. The van der Waals surface area contributed by atoms with E-state index in [1.807, 2.05) is 6.07 Å². The minimum atomic E-state index is 0.0837. The van der Waals surface area contributed by atoms with Gasteiger partial charge < -0.3 is 4.74 Å². The van der Waals surface area contributed by atoms with Crippen LogP contribution in [0.15, 0.2) is 18.2 Å². The minimum Gasteiger partial charge on any atom is -0.489 e. The third-order valence-electron chi connectivity index (χ3n) is 4.25. The van der Waals surface area contributed by atoms with E-state index in [1.54, 1.807) is 0 Å². The highest BCUT2D eigenvalue weighted by atomic mass is 16.5. The quantitative estimate of drug-likeness (QED) is 0.604. The molecule has 2 rings (SSSR count). The predicted molar refractivity (Wildman–Crippen MR) is 87.2 cm³/mol. The topological polar surface area (TPSA) is 26.3 Å². The molecule has 1 aromatic rings. The lowest BCUT2D eigenvalue weighted by molar-refractivity contribution is 0.0835. The average Bonchev–Trinajstić information content (AvgIpc) is 2.50. The fraction of sp³-hybridized carbons (Fsp3) is 0.632. The Hall–Kier alpha value is -1.31. The second-order valence-corrected chi connectivity index (χ2v) is 6.15. The van der Waals surface area contributed by atoms with Gasteiger partial charge in [0, 0.05) is 6.42 Å². The summed E-state index contributed by atoms with van der Waals surface area (Å²) in [4.78, 5) is 12.3.